The maximum Gasteiger partial charge on any atom is 0.122 e. The summed E-state index contributed by atoms with van der Waals surface area (Å²) < 4.78 is 5.73. The molecule has 2 rings (SSSR count). The number of nitrogens with zero attached hydrogens (tertiary/aromatic N) is 2. The fraction of sp³-hybridized carbons (Fsp3) is 0.625. The van der Waals surface area contributed by atoms with Crippen molar-refractivity contribution in [1.29, 1.82) is 0 Å². The van der Waals surface area contributed by atoms with Crippen LogP contribution < -0.4 is 4.74 Å². The summed E-state index contributed by atoms with van der Waals surface area (Å²) in [5.41, 5.74) is 2.35. The number of β-amino-alcohol motifs (C(OH)–C–C–N with tert-alkyl or cyclic N) is 1. The molecule has 1 unspecified atom stereocenters. The number of halogens is 2. The van der Waals surface area contributed by atoms with Gasteiger partial charge in [0.05, 0.1) is 0 Å². The van der Waals surface area contributed by atoms with Gasteiger partial charge in [0.1, 0.15) is 18.5 Å². The normalized spacial score (nSPS) is 17.3. The molecule has 1 N–H and O–H groups in total. The van der Waals surface area contributed by atoms with Gasteiger partial charge in [0.25, 0.3) is 0 Å². The zero-order valence-corrected chi connectivity index (χ0v) is 15.3. The van der Waals surface area contributed by atoms with Crippen molar-refractivity contribution in [2.45, 2.75) is 20.0 Å². The van der Waals surface area contributed by atoms with E-state index in [1.807, 2.05) is 19.1 Å². The van der Waals surface area contributed by atoms with Gasteiger partial charge in [0.2, 0.25) is 0 Å². The molecule has 0 bridgehead atoms. The van der Waals surface area contributed by atoms with Crippen LogP contribution in [-0.4, -0.2) is 67.4 Å². The Balaban J connectivity index is 0.00000220. The summed E-state index contributed by atoms with van der Waals surface area (Å²) in [6, 6.07) is 6.12. The van der Waals surface area contributed by atoms with Crippen LogP contribution in [0.2, 0.25) is 0 Å². The molecule has 4 nitrogen and oxygen atoms in total. The Labute approximate surface area is 146 Å². The first-order chi connectivity index (χ1) is 9.54. The van der Waals surface area contributed by atoms with E-state index >= 15 is 0 Å². The number of aryl methyl sites for hydroxylation is 2. The molecule has 0 spiro atoms. The van der Waals surface area contributed by atoms with Crippen molar-refractivity contribution in [2.24, 2.45) is 0 Å². The van der Waals surface area contributed by atoms with Gasteiger partial charge in [-0.25, -0.2) is 0 Å². The maximum atomic E-state index is 10.1. The van der Waals surface area contributed by atoms with Gasteiger partial charge < -0.3 is 14.7 Å². The summed E-state index contributed by atoms with van der Waals surface area (Å²) in [4.78, 5) is 4.62. The third-order valence-electron chi connectivity index (χ3n) is 3.83. The summed E-state index contributed by atoms with van der Waals surface area (Å²) in [5, 5.41) is 10.1. The molecule has 1 atom stereocenters. The van der Waals surface area contributed by atoms with Crippen molar-refractivity contribution in [3.05, 3.63) is 29.3 Å². The lowest BCUT2D eigenvalue weighted by molar-refractivity contribution is 0.0503. The van der Waals surface area contributed by atoms with Crippen molar-refractivity contribution >= 4 is 24.8 Å². The predicted octanol–water partition coefficient (Wildman–Crippen LogP) is 2.13. The van der Waals surface area contributed by atoms with E-state index in [-0.39, 0.29) is 24.8 Å². The number of rotatable bonds is 5. The molecule has 1 heterocycles. The van der Waals surface area contributed by atoms with E-state index < -0.39 is 6.10 Å². The number of likely N-dealkylation sites (N-methyl/N-ethyl adjacent to an activating group) is 1. The molecule has 1 fully saturated rings. The molecule has 1 aliphatic rings. The highest BCUT2D eigenvalue weighted by molar-refractivity contribution is 5.85. The fourth-order valence-electron chi connectivity index (χ4n) is 2.53. The fourth-order valence-corrected chi connectivity index (χ4v) is 2.53. The Morgan fingerprint density at radius 3 is 2.36 bits per heavy atom. The lowest BCUT2D eigenvalue weighted by Gasteiger charge is -2.33. The molecule has 0 saturated carbocycles. The van der Waals surface area contributed by atoms with E-state index in [1.165, 1.54) is 5.56 Å². The zero-order valence-electron chi connectivity index (χ0n) is 13.6. The second kappa shape index (κ2) is 10.3. The summed E-state index contributed by atoms with van der Waals surface area (Å²) in [6.45, 7) is 9.35. The van der Waals surface area contributed by atoms with E-state index in [4.69, 9.17) is 4.74 Å². The number of ether oxygens (including phenoxy) is 1. The molecule has 1 aromatic rings. The van der Waals surface area contributed by atoms with Crippen molar-refractivity contribution in [1.82, 2.24) is 9.80 Å². The molecule has 1 aliphatic heterocycles. The van der Waals surface area contributed by atoms with E-state index in [0.29, 0.717) is 13.2 Å². The number of benzene rings is 1. The molecule has 1 saturated heterocycles. The first kappa shape index (κ1) is 21.5. The highest BCUT2D eigenvalue weighted by Crippen LogP contribution is 2.18. The summed E-state index contributed by atoms with van der Waals surface area (Å²) >= 11 is 0. The Kier molecular flexibility index (Phi) is 10.0. The summed E-state index contributed by atoms with van der Waals surface area (Å²) in [7, 11) is 2.14. The molecule has 0 radical (unpaired) electrons. The minimum absolute atomic E-state index is 0. The lowest BCUT2D eigenvalue weighted by atomic mass is 10.1. The van der Waals surface area contributed by atoms with Crippen LogP contribution in [0.3, 0.4) is 0 Å². The van der Waals surface area contributed by atoms with Crippen LogP contribution in [0, 0.1) is 13.8 Å². The molecule has 0 aliphatic carbocycles. The topological polar surface area (TPSA) is 35.9 Å². The third kappa shape index (κ3) is 6.71. The average Bonchev–Trinajstić information content (AvgIpc) is 2.40. The molecule has 128 valence electrons. The highest BCUT2D eigenvalue weighted by Gasteiger charge is 2.17. The number of aliphatic hydroxyl groups is 1. The zero-order chi connectivity index (χ0) is 14.5. The van der Waals surface area contributed by atoms with Gasteiger partial charge in [0.15, 0.2) is 0 Å². The first-order valence-electron chi connectivity index (χ1n) is 7.33. The Morgan fingerprint density at radius 1 is 1.14 bits per heavy atom. The number of aliphatic hydroxyl groups excluding tert-OH is 1. The monoisotopic (exact) mass is 350 g/mol. The van der Waals surface area contributed by atoms with Crippen LogP contribution in [-0.2, 0) is 0 Å². The minimum atomic E-state index is -0.431. The van der Waals surface area contributed by atoms with E-state index in [0.717, 1.165) is 37.5 Å². The minimum Gasteiger partial charge on any atom is -0.491 e. The molecule has 1 aromatic carbocycles. The van der Waals surface area contributed by atoms with Gasteiger partial charge in [-0.1, -0.05) is 17.7 Å². The van der Waals surface area contributed by atoms with Crippen molar-refractivity contribution in [2.75, 3.05) is 46.4 Å². The van der Waals surface area contributed by atoms with Crippen LogP contribution >= 0.6 is 24.8 Å². The van der Waals surface area contributed by atoms with Gasteiger partial charge in [-0.15, -0.1) is 24.8 Å². The van der Waals surface area contributed by atoms with Gasteiger partial charge in [-0.2, -0.15) is 0 Å². The van der Waals surface area contributed by atoms with Crippen LogP contribution in [0.15, 0.2) is 18.2 Å². The standard InChI is InChI=1S/C16H26N2O2.2ClH/c1-13-4-5-16(14(2)10-13)20-12-15(19)11-18-8-6-17(3)7-9-18;;/h4-5,10,15,19H,6-9,11-12H2,1-3H3;2*1H. The summed E-state index contributed by atoms with van der Waals surface area (Å²) in [5.74, 6) is 0.869. The molecule has 6 heteroatoms. The second-order valence-corrected chi connectivity index (χ2v) is 5.84. The Morgan fingerprint density at radius 2 is 1.77 bits per heavy atom. The van der Waals surface area contributed by atoms with Crippen molar-refractivity contribution in [3.63, 3.8) is 0 Å². The van der Waals surface area contributed by atoms with Crippen molar-refractivity contribution in [3.8, 4) is 5.75 Å². The number of hydrogen-bond acceptors (Lipinski definition) is 4. The Hall–Kier alpha value is -0.520. The van der Waals surface area contributed by atoms with Crippen LogP contribution in [0.5, 0.6) is 5.75 Å². The van der Waals surface area contributed by atoms with Crippen LogP contribution in [0.1, 0.15) is 11.1 Å². The molecular weight excluding hydrogens is 323 g/mol. The van der Waals surface area contributed by atoms with Gasteiger partial charge in [-0.3, -0.25) is 4.90 Å². The highest BCUT2D eigenvalue weighted by atomic mass is 35.5. The van der Waals surface area contributed by atoms with Gasteiger partial charge in [0, 0.05) is 32.7 Å². The van der Waals surface area contributed by atoms with Gasteiger partial charge in [-0.05, 0) is 32.5 Å². The largest absolute Gasteiger partial charge is 0.491 e. The first-order valence-corrected chi connectivity index (χ1v) is 7.33. The molecule has 0 aromatic heterocycles. The predicted molar refractivity (Wildman–Crippen MR) is 95.9 cm³/mol. The quantitative estimate of drug-likeness (QED) is 0.882. The number of piperazine rings is 1. The van der Waals surface area contributed by atoms with Gasteiger partial charge >= 0.3 is 0 Å². The lowest BCUT2D eigenvalue weighted by Crippen LogP contribution is -2.47. The average molecular weight is 351 g/mol. The third-order valence-corrected chi connectivity index (χ3v) is 3.83. The molecule has 0 amide bonds. The van der Waals surface area contributed by atoms with E-state index in [9.17, 15) is 5.11 Å². The van der Waals surface area contributed by atoms with Crippen molar-refractivity contribution < 1.29 is 9.84 Å². The van der Waals surface area contributed by atoms with Crippen LogP contribution in [0.4, 0.5) is 0 Å². The second-order valence-electron chi connectivity index (χ2n) is 5.84. The van der Waals surface area contributed by atoms with E-state index in [1.54, 1.807) is 0 Å². The smallest absolute Gasteiger partial charge is 0.122 e. The SMILES string of the molecule is Cc1ccc(OCC(O)CN2CCN(C)CC2)c(C)c1.Cl.Cl. The molecular formula is C16H28Cl2N2O2. The number of hydrogen-bond donors (Lipinski definition) is 1. The van der Waals surface area contributed by atoms with Crippen LogP contribution in [0.25, 0.3) is 0 Å². The maximum absolute atomic E-state index is 10.1. The Bertz CT molecular complexity index is 438. The van der Waals surface area contributed by atoms with E-state index in [2.05, 4.69) is 29.8 Å². The molecule has 22 heavy (non-hydrogen) atoms. The summed E-state index contributed by atoms with van der Waals surface area (Å²) in [6.07, 6.45) is -0.431.